The largest absolute Gasteiger partial charge is 0.477 e. The quantitative estimate of drug-likeness (QED) is 0.838. The summed E-state index contributed by atoms with van der Waals surface area (Å²) < 4.78 is 32.0. The van der Waals surface area contributed by atoms with Gasteiger partial charge in [0, 0.05) is 31.9 Å². The first kappa shape index (κ1) is 17.6. The number of carboxylic acid groups (broad SMARTS) is 1. The van der Waals surface area contributed by atoms with Crippen LogP contribution in [-0.4, -0.2) is 40.4 Å². The Morgan fingerprint density at radius 1 is 1.32 bits per heavy atom. The molecule has 3 aliphatic rings. The van der Waals surface area contributed by atoms with E-state index in [-0.39, 0.29) is 40.6 Å². The van der Waals surface area contributed by atoms with Crippen LogP contribution in [0.25, 0.3) is 10.9 Å². The van der Waals surface area contributed by atoms with E-state index in [9.17, 15) is 24.2 Å². The second-order valence-corrected chi connectivity index (χ2v) is 8.35. The van der Waals surface area contributed by atoms with E-state index in [4.69, 9.17) is 0 Å². The number of anilines is 1. The minimum absolute atomic E-state index is 0.0237. The van der Waals surface area contributed by atoms with Gasteiger partial charge in [0.25, 0.3) is 0 Å². The Balaban J connectivity index is 1.68. The molecular weight excluding hydrogens is 370 g/mol. The normalized spacial score (nSPS) is 26.4. The van der Waals surface area contributed by atoms with Crippen LogP contribution < -0.4 is 10.3 Å². The van der Waals surface area contributed by atoms with Gasteiger partial charge in [-0.15, -0.1) is 0 Å². The number of rotatable bonds is 4. The monoisotopic (exact) mass is 390 g/mol. The number of carbonyl (C=O) groups is 1. The minimum Gasteiger partial charge on any atom is -0.477 e. The predicted molar refractivity (Wildman–Crippen MR) is 97.8 cm³/mol. The molecule has 2 N–H and O–H groups in total. The van der Waals surface area contributed by atoms with Gasteiger partial charge in [-0.1, -0.05) is 0 Å². The zero-order chi connectivity index (χ0) is 19.8. The second kappa shape index (κ2) is 5.76. The standard InChI is InChI=1S/C20H20F2N2O4/c21-14-5-12-16(24(11-1-2-11)7-13(18(12)26)19(27)28)15(22)17(14)23-4-3-20(9-23)6-10(20)8-25/h5,7,10-11,25H,1-4,6,8-9H2,(H,27,28). The van der Waals surface area contributed by atoms with Gasteiger partial charge in [-0.3, -0.25) is 4.79 Å². The third kappa shape index (κ3) is 2.40. The summed E-state index contributed by atoms with van der Waals surface area (Å²) >= 11 is 0. The predicted octanol–water partition coefficient (Wildman–Crippen LogP) is 2.52. The molecule has 8 heteroatoms. The summed E-state index contributed by atoms with van der Waals surface area (Å²) in [7, 11) is 0. The Hall–Kier alpha value is -2.48. The van der Waals surface area contributed by atoms with Gasteiger partial charge >= 0.3 is 5.97 Å². The summed E-state index contributed by atoms with van der Waals surface area (Å²) in [5.41, 5.74) is -1.61. The number of aliphatic hydroxyl groups is 1. The number of pyridine rings is 1. The molecule has 6 nitrogen and oxygen atoms in total. The number of fused-ring (bicyclic) bond motifs is 1. The van der Waals surface area contributed by atoms with Crippen LogP contribution in [0.5, 0.6) is 0 Å². The summed E-state index contributed by atoms with van der Waals surface area (Å²) in [5.74, 6) is -2.90. The van der Waals surface area contributed by atoms with Crippen molar-refractivity contribution in [1.29, 1.82) is 0 Å². The Kier molecular flexibility index (Phi) is 3.62. The summed E-state index contributed by atoms with van der Waals surface area (Å²) in [4.78, 5) is 25.6. The molecule has 2 aromatic rings. The first-order chi connectivity index (χ1) is 13.4. The van der Waals surface area contributed by atoms with Crippen molar-refractivity contribution in [3.05, 3.63) is 39.7 Å². The summed E-state index contributed by atoms with van der Waals surface area (Å²) in [6.45, 7) is 1.03. The van der Waals surface area contributed by atoms with Gasteiger partial charge in [-0.25, -0.2) is 13.6 Å². The van der Waals surface area contributed by atoms with Crippen LogP contribution in [0.1, 0.15) is 42.1 Å². The number of carboxylic acids is 1. The van der Waals surface area contributed by atoms with Crippen molar-refractivity contribution in [2.45, 2.75) is 31.7 Å². The molecule has 1 aromatic heterocycles. The Morgan fingerprint density at radius 3 is 2.68 bits per heavy atom. The van der Waals surface area contributed by atoms with Gasteiger partial charge in [-0.2, -0.15) is 0 Å². The van der Waals surface area contributed by atoms with Crippen molar-refractivity contribution >= 4 is 22.6 Å². The Labute approximate surface area is 159 Å². The molecule has 1 saturated heterocycles. The molecule has 2 unspecified atom stereocenters. The van der Waals surface area contributed by atoms with Crippen molar-refractivity contribution in [2.75, 3.05) is 24.6 Å². The number of hydrogen-bond acceptors (Lipinski definition) is 4. The second-order valence-electron chi connectivity index (χ2n) is 8.35. The summed E-state index contributed by atoms with van der Waals surface area (Å²) in [5, 5.41) is 18.5. The van der Waals surface area contributed by atoms with Gasteiger partial charge in [0.15, 0.2) is 5.82 Å². The third-order valence-corrected chi connectivity index (χ3v) is 6.64. The lowest BCUT2D eigenvalue weighted by molar-refractivity contribution is 0.0694. The van der Waals surface area contributed by atoms with E-state index in [1.165, 1.54) is 10.8 Å². The van der Waals surface area contributed by atoms with Gasteiger partial charge < -0.3 is 19.7 Å². The number of halogens is 2. The van der Waals surface area contributed by atoms with Crippen LogP contribution in [0.4, 0.5) is 14.5 Å². The SMILES string of the molecule is O=C(O)c1cn(C2CC2)c2c(F)c(N3CCC4(CC4CO)C3)c(F)cc2c1=O. The minimum atomic E-state index is -1.41. The first-order valence-electron chi connectivity index (χ1n) is 9.52. The van der Waals surface area contributed by atoms with E-state index in [1.54, 1.807) is 4.90 Å². The number of benzene rings is 1. The Morgan fingerprint density at radius 2 is 2.07 bits per heavy atom. The molecule has 0 bridgehead atoms. The fourth-order valence-corrected chi connectivity index (χ4v) is 4.79. The lowest BCUT2D eigenvalue weighted by atomic mass is 10.0. The van der Waals surface area contributed by atoms with Crippen molar-refractivity contribution in [3.8, 4) is 0 Å². The number of aromatic nitrogens is 1. The molecule has 1 aliphatic heterocycles. The molecule has 1 aromatic carbocycles. The lowest BCUT2D eigenvalue weighted by Gasteiger charge is -2.22. The molecule has 2 aliphatic carbocycles. The van der Waals surface area contributed by atoms with E-state index in [2.05, 4.69) is 0 Å². The van der Waals surface area contributed by atoms with Crippen LogP contribution in [0.15, 0.2) is 17.1 Å². The van der Waals surface area contributed by atoms with Crippen LogP contribution >= 0.6 is 0 Å². The zero-order valence-corrected chi connectivity index (χ0v) is 15.1. The van der Waals surface area contributed by atoms with E-state index in [0.717, 1.165) is 31.7 Å². The fraction of sp³-hybridized carbons (Fsp3) is 0.500. The van der Waals surface area contributed by atoms with Gasteiger partial charge in [0.2, 0.25) is 5.43 Å². The topological polar surface area (TPSA) is 82.8 Å². The van der Waals surface area contributed by atoms with Gasteiger partial charge in [0.05, 0.1) is 10.9 Å². The molecule has 1 spiro atoms. The molecule has 148 valence electrons. The van der Waals surface area contributed by atoms with E-state index >= 15 is 4.39 Å². The molecule has 2 saturated carbocycles. The van der Waals surface area contributed by atoms with Crippen LogP contribution in [0.3, 0.4) is 0 Å². The van der Waals surface area contributed by atoms with Crippen LogP contribution in [0.2, 0.25) is 0 Å². The summed E-state index contributed by atoms with van der Waals surface area (Å²) in [6.07, 6.45) is 4.32. The molecular formula is C20H20F2N2O4. The van der Waals surface area contributed by atoms with Crippen molar-refractivity contribution in [3.63, 3.8) is 0 Å². The number of nitrogens with zero attached hydrogens (tertiary/aromatic N) is 2. The molecule has 2 atom stereocenters. The number of aliphatic hydroxyl groups excluding tert-OH is 1. The first-order valence-corrected chi connectivity index (χ1v) is 9.52. The molecule has 5 rings (SSSR count). The fourth-order valence-electron chi connectivity index (χ4n) is 4.79. The summed E-state index contributed by atoms with van der Waals surface area (Å²) in [6, 6.07) is 0.893. The average Bonchev–Trinajstić information content (AvgIpc) is 3.54. The van der Waals surface area contributed by atoms with Gasteiger partial charge in [-0.05, 0) is 43.1 Å². The van der Waals surface area contributed by atoms with Crippen LogP contribution in [-0.2, 0) is 0 Å². The van der Waals surface area contributed by atoms with Crippen LogP contribution in [0, 0.1) is 23.0 Å². The third-order valence-electron chi connectivity index (χ3n) is 6.64. The highest BCUT2D eigenvalue weighted by molar-refractivity contribution is 5.94. The number of aromatic carboxylic acids is 1. The van der Waals surface area contributed by atoms with E-state index in [0.29, 0.717) is 13.1 Å². The Bertz CT molecular complexity index is 1080. The highest BCUT2D eigenvalue weighted by atomic mass is 19.1. The van der Waals surface area contributed by atoms with Gasteiger partial charge in [0.1, 0.15) is 17.1 Å². The smallest absolute Gasteiger partial charge is 0.341 e. The molecule has 3 fully saturated rings. The van der Waals surface area contributed by atoms with Crippen molar-refractivity contribution in [2.24, 2.45) is 11.3 Å². The molecule has 2 heterocycles. The maximum absolute atomic E-state index is 15.6. The molecule has 0 radical (unpaired) electrons. The maximum Gasteiger partial charge on any atom is 0.341 e. The highest BCUT2D eigenvalue weighted by Crippen LogP contribution is 2.59. The van der Waals surface area contributed by atoms with E-state index in [1.807, 2.05) is 0 Å². The lowest BCUT2D eigenvalue weighted by Crippen LogP contribution is -2.25. The number of hydrogen-bond donors (Lipinski definition) is 2. The zero-order valence-electron chi connectivity index (χ0n) is 15.1. The highest BCUT2D eigenvalue weighted by Gasteiger charge is 2.57. The average molecular weight is 390 g/mol. The maximum atomic E-state index is 15.6. The van der Waals surface area contributed by atoms with E-state index < -0.39 is 28.6 Å². The molecule has 0 amide bonds. The molecule has 28 heavy (non-hydrogen) atoms. The van der Waals surface area contributed by atoms with Crippen molar-refractivity contribution < 1.29 is 23.8 Å². The van der Waals surface area contributed by atoms with Crippen molar-refractivity contribution in [1.82, 2.24) is 4.57 Å².